The molecule has 0 amide bonds. The van der Waals surface area contributed by atoms with Gasteiger partial charge in [-0.25, -0.2) is 4.98 Å². The summed E-state index contributed by atoms with van der Waals surface area (Å²) in [7, 11) is 0. The molecule has 2 N–H and O–H groups in total. The number of hydrogen-bond donors (Lipinski definition) is 2. The first-order valence-electron chi connectivity index (χ1n) is 7.40. The SMILES string of the molecule is CCNc1nc(Nc2ccc(F)c([N+](=O)[O-])c2)cc(C2CC2)n1. The molecule has 0 atom stereocenters. The standard InChI is InChI=1S/C15H16FN5O2/c1-2-17-15-19-12(9-3-4-9)8-14(20-15)18-10-5-6-11(16)13(7-10)21(22)23/h5-9H,2-4H2,1H3,(H2,17,18,19,20). The average molecular weight is 317 g/mol. The Morgan fingerprint density at radius 1 is 1.35 bits per heavy atom. The van der Waals surface area contributed by atoms with Crippen LogP contribution in [0, 0.1) is 15.9 Å². The van der Waals surface area contributed by atoms with Gasteiger partial charge in [-0.2, -0.15) is 9.37 Å². The molecule has 1 saturated carbocycles. The van der Waals surface area contributed by atoms with Crippen LogP contribution in [0.5, 0.6) is 0 Å². The van der Waals surface area contributed by atoms with Crippen molar-refractivity contribution in [1.29, 1.82) is 0 Å². The minimum atomic E-state index is -0.866. The highest BCUT2D eigenvalue weighted by atomic mass is 19.1. The maximum atomic E-state index is 13.4. The second-order valence-electron chi connectivity index (χ2n) is 5.35. The number of anilines is 3. The van der Waals surface area contributed by atoms with Gasteiger partial charge in [0.05, 0.1) is 10.6 Å². The number of rotatable bonds is 6. The quantitative estimate of drug-likeness (QED) is 0.625. The van der Waals surface area contributed by atoms with Gasteiger partial charge in [-0.05, 0) is 31.9 Å². The molecule has 1 fully saturated rings. The molecule has 120 valence electrons. The molecule has 0 unspecified atom stereocenters. The fourth-order valence-electron chi connectivity index (χ4n) is 2.23. The minimum absolute atomic E-state index is 0.404. The van der Waals surface area contributed by atoms with Crippen molar-refractivity contribution in [3.63, 3.8) is 0 Å². The maximum absolute atomic E-state index is 13.4. The molecule has 0 aliphatic heterocycles. The van der Waals surface area contributed by atoms with Gasteiger partial charge in [-0.15, -0.1) is 0 Å². The van der Waals surface area contributed by atoms with Gasteiger partial charge in [0.25, 0.3) is 0 Å². The normalized spacial score (nSPS) is 13.7. The topological polar surface area (TPSA) is 93.0 Å². The second-order valence-corrected chi connectivity index (χ2v) is 5.35. The first kappa shape index (κ1) is 15.1. The molecule has 1 heterocycles. The summed E-state index contributed by atoms with van der Waals surface area (Å²) in [4.78, 5) is 18.9. The van der Waals surface area contributed by atoms with Gasteiger partial charge in [0.2, 0.25) is 11.8 Å². The molecule has 0 spiro atoms. The van der Waals surface area contributed by atoms with Gasteiger partial charge < -0.3 is 10.6 Å². The van der Waals surface area contributed by atoms with Gasteiger partial charge in [0.1, 0.15) is 5.82 Å². The number of nitro groups is 1. The van der Waals surface area contributed by atoms with Crippen LogP contribution < -0.4 is 10.6 Å². The summed E-state index contributed by atoms with van der Waals surface area (Å²) in [6.07, 6.45) is 2.20. The fraction of sp³-hybridized carbons (Fsp3) is 0.333. The van der Waals surface area contributed by atoms with Gasteiger partial charge in [0.15, 0.2) is 0 Å². The van der Waals surface area contributed by atoms with Crippen LogP contribution in [0.3, 0.4) is 0 Å². The van der Waals surface area contributed by atoms with Gasteiger partial charge in [-0.1, -0.05) is 0 Å². The Hall–Kier alpha value is -2.77. The van der Waals surface area contributed by atoms with Crippen LogP contribution >= 0.6 is 0 Å². The Balaban J connectivity index is 1.89. The van der Waals surface area contributed by atoms with Crippen molar-refractivity contribution in [1.82, 2.24) is 9.97 Å². The Morgan fingerprint density at radius 3 is 2.78 bits per heavy atom. The molecule has 2 aromatic rings. The number of hydrogen-bond acceptors (Lipinski definition) is 6. The number of aromatic nitrogens is 2. The van der Waals surface area contributed by atoms with Crippen LogP contribution in [0.25, 0.3) is 0 Å². The molecule has 23 heavy (non-hydrogen) atoms. The zero-order chi connectivity index (χ0) is 16.4. The largest absolute Gasteiger partial charge is 0.354 e. The van der Waals surface area contributed by atoms with Crippen molar-refractivity contribution < 1.29 is 9.31 Å². The third-order valence-electron chi connectivity index (χ3n) is 3.49. The van der Waals surface area contributed by atoms with Gasteiger partial charge in [0, 0.05) is 30.3 Å². The summed E-state index contributed by atoms with van der Waals surface area (Å²) >= 11 is 0. The number of nitrogens with one attached hydrogen (secondary N) is 2. The maximum Gasteiger partial charge on any atom is 0.306 e. The third kappa shape index (κ3) is 3.53. The van der Waals surface area contributed by atoms with E-state index in [1.165, 1.54) is 6.07 Å². The lowest BCUT2D eigenvalue weighted by Crippen LogP contribution is -2.06. The monoisotopic (exact) mass is 317 g/mol. The van der Waals surface area contributed by atoms with Crippen LogP contribution in [0.2, 0.25) is 0 Å². The Morgan fingerprint density at radius 2 is 2.13 bits per heavy atom. The molecular weight excluding hydrogens is 301 g/mol. The highest BCUT2D eigenvalue weighted by Crippen LogP contribution is 2.40. The van der Waals surface area contributed by atoms with E-state index in [-0.39, 0.29) is 0 Å². The van der Waals surface area contributed by atoms with E-state index < -0.39 is 16.4 Å². The average Bonchev–Trinajstić information content (AvgIpc) is 3.34. The summed E-state index contributed by atoms with van der Waals surface area (Å²) in [6.45, 7) is 2.64. The highest BCUT2D eigenvalue weighted by Gasteiger charge is 2.26. The molecule has 1 aliphatic carbocycles. The lowest BCUT2D eigenvalue weighted by atomic mass is 10.2. The molecule has 8 heteroatoms. The molecule has 3 rings (SSSR count). The predicted molar refractivity (Wildman–Crippen MR) is 84.5 cm³/mol. The van der Waals surface area contributed by atoms with E-state index >= 15 is 0 Å². The predicted octanol–water partition coefficient (Wildman–Crippen LogP) is 3.58. The number of halogens is 1. The molecule has 7 nitrogen and oxygen atoms in total. The van der Waals surface area contributed by atoms with Crippen LogP contribution in [-0.2, 0) is 0 Å². The van der Waals surface area contributed by atoms with Crippen molar-refractivity contribution >= 4 is 23.1 Å². The van der Waals surface area contributed by atoms with Crippen LogP contribution in [0.15, 0.2) is 24.3 Å². The Kier molecular flexibility index (Phi) is 4.05. The molecule has 1 aromatic heterocycles. The third-order valence-corrected chi connectivity index (χ3v) is 3.49. The van der Waals surface area contributed by atoms with Crippen molar-refractivity contribution in [2.75, 3.05) is 17.2 Å². The summed E-state index contributed by atoms with van der Waals surface area (Å²) in [5, 5.41) is 16.9. The molecule has 0 saturated heterocycles. The molecule has 0 bridgehead atoms. The molecule has 1 aliphatic rings. The lowest BCUT2D eigenvalue weighted by Gasteiger charge is -2.10. The van der Waals surface area contributed by atoms with E-state index in [9.17, 15) is 14.5 Å². The summed E-state index contributed by atoms with van der Waals surface area (Å²) in [6, 6.07) is 5.48. The van der Waals surface area contributed by atoms with Crippen molar-refractivity contribution in [3.8, 4) is 0 Å². The first-order chi connectivity index (χ1) is 11.1. The van der Waals surface area contributed by atoms with E-state index in [4.69, 9.17) is 0 Å². The van der Waals surface area contributed by atoms with Gasteiger partial charge >= 0.3 is 5.69 Å². The van der Waals surface area contributed by atoms with E-state index in [1.54, 1.807) is 0 Å². The van der Waals surface area contributed by atoms with E-state index in [0.29, 0.717) is 29.9 Å². The van der Waals surface area contributed by atoms with Crippen molar-refractivity contribution in [2.24, 2.45) is 0 Å². The number of nitrogens with zero attached hydrogens (tertiary/aromatic N) is 3. The zero-order valence-electron chi connectivity index (χ0n) is 12.5. The van der Waals surface area contributed by atoms with Crippen LogP contribution in [0.4, 0.5) is 27.5 Å². The minimum Gasteiger partial charge on any atom is -0.354 e. The fourth-order valence-corrected chi connectivity index (χ4v) is 2.23. The lowest BCUT2D eigenvalue weighted by molar-refractivity contribution is -0.387. The highest BCUT2D eigenvalue weighted by molar-refractivity contribution is 5.61. The summed E-state index contributed by atoms with van der Waals surface area (Å²) in [5.74, 6) is 0.614. The molecule has 1 aromatic carbocycles. The van der Waals surface area contributed by atoms with Crippen LogP contribution in [0.1, 0.15) is 31.4 Å². The van der Waals surface area contributed by atoms with Crippen molar-refractivity contribution in [2.45, 2.75) is 25.7 Å². The summed E-state index contributed by atoms with van der Waals surface area (Å²) in [5.41, 5.74) is 0.773. The second kappa shape index (κ2) is 6.15. The molecule has 0 radical (unpaired) electrons. The number of nitro benzene ring substituents is 1. The Labute approximate surface area is 132 Å². The van der Waals surface area contributed by atoms with Crippen molar-refractivity contribution in [3.05, 3.63) is 45.9 Å². The van der Waals surface area contributed by atoms with E-state index in [2.05, 4.69) is 20.6 Å². The zero-order valence-corrected chi connectivity index (χ0v) is 12.5. The first-order valence-corrected chi connectivity index (χ1v) is 7.40. The summed E-state index contributed by atoms with van der Waals surface area (Å²) < 4.78 is 13.4. The molecular formula is C15H16FN5O2. The van der Waals surface area contributed by atoms with Crippen LogP contribution in [-0.4, -0.2) is 21.4 Å². The van der Waals surface area contributed by atoms with Gasteiger partial charge in [-0.3, -0.25) is 10.1 Å². The number of benzene rings is 1. The smallest absolute Gasteiger partial charge is 0.306 e. The van der Waals surface area contributed by atoms with E-state index in [1.807, 2.05) is 13.0 Å². The van der Waals surface area contributed by atoms with E-state index in [0.717, 1.165) is 30.7 Å². The Bertz CT molecular complexity index is 749.